The van der Waals surface area contributed by atoms with Crippen molar-refractivity contribution in [3.63, 3.8) is 0 Å². The van der Waals surface area contributed by atoms with Gasteiger partial charge in [0.2, 0.25) is 5.91 Å². The van der Waals surface area contributed by atoms with Crippen molar-refractivity contribution >= 4 is 50.5 Å². The average molecular weight is 718 g/mol. The second kappa shape index (κ2) is 15.6. The number of para-hydroxylation sites is 1. The van der Waals surface area contributed by atoms with Crippen LogP contribution in [0, 0.1) is 18.7 Å². The summed E-state index contributed by atoms with van der Waals surface area (Å²) in [4.78, 5) is 42.3. The van der Waals surface area contributed by atoms with Crippen molar-refractivity contribution in [3.05, 3.63) is 113 Å². The number of benzene rings is 3. The van der Waals surface area contributed by atoms with Crippen LogP contribution < -0.4 is 4.90 Å². The number of aromatic nitrogens is 2. The van der Waals surface area contributed by atoms with Gasteiger partial charge in [-0.1, -0.05) is 42.5 Å². The summed E-state index contributed by atoms with van der Waals surface area (Å²) in [7, 11) is 0. The fraction of sp³-hybridized carbons (Fsp3) is 0.333. The molecule has 1 aromatic heterocycles. The molecule has 5 rings (SSSR count). The molecule has 4 aromatic rings. The third kappa shape index (κ3) is 8.93. The van der Waals surface area contributed by atoms with Crippen molar-refractivity contribution in [2.24, 2.45) is 5.92 Å². The number of rotatable bonds is 9. The summed E-state index contributed by atoms with van der Waals surface area (Å²) in [6, 6.07) is 18.8. The van der Waals surface area contributed by atoms with Crippen LogP contribution in [0.15, 0.2) is 78.9 Å². The Kier molecular flexibility index (Phi) is 12.5. The molecule has 0 saturated carbocycles. The molecule has 262 valence electrons. The number of hydrogen-bond acceptors (Lipinski definition) is 5. The van der Waals surface area contributed by atoms with Gasteiger partial charge < -0.3 is 4.74 Å². The zero-order valence-electron chi connectivity index (χ0n) is 27.5. The lowest BCUT2D eigenvalue weighted by Gasteiger charge is -2.38. The molecular weight excluding hydrogens is 679 g/mol. The largest absolute Gasteiger partial charge is 0.460 e. The van der Waals surface area contributed by atoms with Gasteiger partial charge in [-0.25, -0.2) is 9.07 Å². The Hall–Kier alpha value is -4.10. The third-order valence-corrected chi connectivity index (χ3v) is 7.96. The first kappa shape index (κ1) is 39.3. The number of carbonyl (C=O) groups excluding carboxylic acids is 3. The second-order valence-electron chi connectivity index (χ2n) is 12.6. The minimum atomic E-state index is -4.66. The summed E-state index contributed by atoms with van der Waals surface area (Å²) in [6.07, 6.45) is -4.82. The summed E-state index contributed by atoms with van der Waals surface area (Å²) in [5.74, 6) is -3.43. The van der Waals surface area contributed by atoms with E-state index in [1.165, 1.54) is 35.2 Å². The van der Waals surface area contributed by atoms with E-state index in [9.17, 15) is 31.9 Å². The highest BCUT2D eigenvalue weighted by atomic mass is 32.1. The molecule has 0 spiro atoms. The molecule has 49 heavy (non-hydrogen) atoms. The average Bonchev–Trinajstić information content (AvgIpc) is 3.35. The molecule has 0 fully saturated rings. The summed E-state index contributed by atoms with van der Waals surface area (Å²) in [6.45, 7) is 7.12. The van der Waals surface area contributed by atoms with Crippen molar-refractivity contribution in [2.45, 2.75) is 64.7 Å². The Labute approximate surface area is 296 Å². The molecule has 7 nitrogen and oxygen atoms in total. The van der Waals surface area contributed by atoms with Gasteiger partial charge in [-0.3, -0.25) is 19.3 Å². The number of alkyl halides is 3. The highest BCUT2D eigenvalue weighted by molar-refractivity contribution is 7.59. The molecule has 3 aromatic carbocycles. The molecular formula is C36H39F4N3O4S2. The molecule has 1 amide bonds. The van der Waals surface area contributed by atoms with E-state index in [1.807, 2.05) is 30.3 Å². The van der Waals surface area contributed by atoms with Crippen molar-refractivity contribution in [1.82, 2.24) is 9.78 Å². The maximum Gasteiger partial charge on any atom is 0.416 e. The molecule has 1 aliphatic heterocycles. The maximum atomic E-state index is 14.6. The number of carbonyl (C=O) groups is 3. The smallest absolute Gasteiger partial charge is 0.416 e. The van der Waals surface area contributed by atoms with E-state index in [0.717, 1.165) is 18.2 Å². The van der Waals surface area contributed by atoms with E-state index in [-0.39, 0.29) is 51.9 Å². The van der Waals surface area contributed by atoms with E-state index in [4.69, 9.17) is 9.84 Å². The topological polar surface area (TPSA) is 81.5 Å². The Morgan fingerprint density at radius 2 is 1.57 bits per heavy atom. The van der Waals surface area contributed by atoms with Crippen molar-refractivity contribution in [3.8, 4) is 5.69 Å². The molecule has 0 radical (unpaired) electrons. The number of esters is 1. The monoisotopic (exact) mass is 717 g/mol. The maximum absolute atomic E-state index is 14.6. The van der Waals surface area contributed by atoms with Crippen molar-refractivity contribution in [2.75, 3.05) is 11.4 Å². The number of hydrogen-bond donors (Lipinski definition) is 0. The van der Waals surface area contributed by atoms with Gasteiger partial charge in [0.25, 0.3) is 0 Å². The zero-order chi connectivity index (χ0) is 34.1. The van der Waals surface area contributed by atoms with Crippen LogP contribution in [0.1, 0.15) is 78.7 Å². The number of amides is 1. The number of nitrogens with zero attached hydrogens (tertiary/aromatic N) is 3. The Morgan fingerprint density at radius 1 is 0.918 bits per heavy atom. The Balaban J connectivity index is 0.00000325. The molecule has 0 bridgehead atoms. The van der Waals surface area contributed by atoms with E-state index < -0.39 is 59.1 Å². The number of ether oxygens (including phenoxy) is 1. The number of halogens is 4. The third-order valence-electron chi connectivity index (χ3n) is 7.96. The number of aryl methyl sites for hydroxylation is 1. The van der Waals surface area contributed by atoms with Gasteiger partial charge in [0.05, 0.1) is 22.9 Å². The lowest BCUT2D eigenvalue weighted by Crippen LogP contribution is -2.46. The van der Waals surface area contributed by atoms with Crippen LogP contribution in [0.2, 0.25) is 0 Å². The standard InChI is InChI=1S/C36H35F4N3O4.2H2S/c1-22-31-32(23-15-17-26(37)18-16-23)28(21-29(44)24-10-8-11-25(20-24)36(38,39)40)34(46)42(19-9-14-30(45)47-35(2,3)4)33(31)43(41-22)27-12-6-5-7-13-27;;/h5-8,10-13,15-18,20,28,32H,9,14,19,21H2,1-4H3;2*1H2/t28-,32+;;/m0../s1. The minimum Gasteiger partial charge on any atom is -0.460 e. The molecule has 13 heteroatoms. The first-order chi connectivity index (χ1) is 22.1. The quantitative estimate of drug-likeness (QED) is 0.0995. The molecule has 2 atom stereocenters. The SMILES string of the molecule is Cc1nn(-c2ccccc2)c2c1[C@H](c1ccc(F)cc1)[C@H](CC(=O)c1cccc(C(F)(F)F)c1)C(=O)N2CCCC(=O)OC(C)(C)C.S.S. The molecule has 0 saturated heterocycles. The molecule has 0 N–H and O–H groups in total. The van der Waals surface area contributed by atoms with E-state index in [0.29, 0.717) is 28.3 Å². The predicted molar refractivity (Wildman–Crippen MR) is 189 cm³/mol. The number of anilines is 1. The van der Waals surface area contributed by atoms with Crippen LogP contribution in [0.5, 0.6) is 0 Å². The van der Waals surface area contributed by atoms with Crippen LogP contribution in [0.4, 0.5) is 23.4 Å². The summed E-state index contributed by atoms with van der Waals surface area (Å²) in [5.41, 5.74) is 0.554. The molecule has 0 aliphatic carbocycles. The van der Waals surface area contributed by atoms with Crippen LogP contribution >= 0.6 is 27.0 Å². The Morgan fingerprint density at radius 3 is 2.18 bits per heavy atom. The number of ketones is 1. The van der Waals surface area contributed by atoms with E-state index >= 15 is 0 Å². The lowest BCUT2D eigenvalue weighted by molar-refractivity contribution is -0.155. The first-order valence-electron chi connectivity index (χ1n) is 15.3. The number of fused-ring (bicyclic) bond motifs is 1. The second-order valence-corrected chi connectivity index (χ2v) is 12.6. The summed E-state index contributed by atoms with van der Waals surface area (Å²) < 4.78 is 61.6. The van der Waals surface area contributed by atoms with Gasteiger partial charge in [0.15, 0.2) is 5.78 Å². The molecule has 0 unspecified atom stereocenters. The summed E-state index contributed by atoms with van der Waals surface area (Å²) in [5, 5.41) is 4.79. The highest BCUT2D eigenvalue weighted by Crippen LogP contribution is 2.47. The van der Waals surface area contributed by atoms with Gasteiger partial charge >= 0.3 is 12.1 Å². The van der Waals surface area contributed by atoms with Crippen LogP contribution in [-0.4, -0.2) is 39.6 Å². The first-order valence-corrected chi connectivity index (χ1v) is 15.3. The van der Waals surface area contributed by atoms with E-state index in [2.05, 4.69) is 0 Å². The van der Waals surface area contributed by atoms with Gasteiger partial charge in [0.1, 0.15) is 17.2 Å². The Bertz CT molecular complexity index is 1790. The van der Waals surface area contributed by atoms with Gasteiger partial charge in [0, 0.05) is 36.4 Å². The summed E-state index contributed by atoms with van der Waals surface area (Å²) >= 11 is 0. The van der Waals surface area contributed by atoms with Gasteiger partial charge in [-0.05, 0) is 76.1 Å². The van der Waals surface area contributed by atoms with Crippen LogP contribution in [0.3, 0.4) is 0 Å². The zero-order valence-corrected chi connectivity index (χ0v) is 29.5. The molecule has 1 aliphatic rings. The minimum absolute atomic E-state index is 0. The normalized spacial score (nSPS) is 15.9. The molecule has 2 heterocycles. The van der Waals surface area contributed by atoms with Crippen LogP contribution in [0.25, 0.3) is 5.69 Å². The predicted octanol–water partition coefficient (Wildman–Crippen LogP) is 8.05. The van der Waals surface area contributed by atoms with Gasteiger partial charge in [-0.15, -0.1) is 0 Å². The fourth-order valence-corrected chi connectivity index (χ4v) is 6.00. The van der Waals surface area contributed by atoms with Crippen molar-refractivity contribution in [1.29, 1.82) is 0 Å². The number of Topliss-reactive ketones (excluding diaryl/α,β-unsaturated/α-hetero) is 1. The van der Waals surface area contributed by atoms with Gasteiger partial charge in [-0.2, -0.15) is 45.3 Å². The lowest BCUT2D eigenvalue weighted by atomic mass is 9.74. The van der Waals surface area contributed by atoms with Crippen LogP contribution in [-0.2, 0) is 20.5 Å². The highest BCUT2D eigenvalue weighted by Gasteiger charge is 2.46. The van der Waals surface area contributed by atoms with Crippen molar-refractivity contribution < 1.29 is 36.7 Å². The van der Waals surface area contributed by atoms with E-state index in [1.54, 1.807) is 32.4 Å². The fourth-order valence-electron chi connectivity index (χ4n) is 6.00.